The summed E-state index contributed by atoms with van der Waals surface area (Å²) in [6.07, 6.45) is 0. The molecule has 2 nitrogen and oxygen atoms in total. The van der Waals surface area contributed by atoms with Crippen LogP contribution in [-0.4, -0.2) is 20.7 Å². The van der Waals surface area contributed by atoms with E-state index in [-0.39, 0.29) is 20.7 Å². The molecule has 0 atom stereocenters. The maximum absolute atomic E-state index is 11.0. The van der Waals surface area contributed by atoms with Crippen LogP contribution < -0.4 is 4.46 Å². The van der Waals surface area contributed by atoms with Gasteiger partial charge in [0, 0.05) is 0 Å². The Morgan fingerprint density at radius 3 is 2.75 bits per heavy atom. The number of hydrogen-bond acceptors (Lipinski definition) is 2. The normalized spacial score (nSPS) is 9.00. The summed E-state index contributed by atoms with van der Waals surface area (Å²) in [7, 11) is 0. The summed E-state index contributed by atoms with van der Waals surface area (Å²) in [5.74, 6) is 0.0303. The third-order valence-electron chi connectivity index (χ3n) is 1.42. The van der Waals surface area contributed by atoms with E-state index < -0.39 is 0 Å². The molecule has 0 aliphatic heterocycles. The fourth-order valence-electron chi connectivity index (χ4n) is 0.896. The standard InChI is InChI=1S/C9H7NOSe/c1-7(11)8-4-2-3-5-9(8)12-6-10/h2-5H,1H3. The van der Waals surface area contributed by atoms with Crippen molar-refractivity contribution in [2.45, 2.75) is 6.92 Å². The van der Waals surface area contributed by atoms with Crippen LogP contribution in [0.15, 0.2) is 24.3 Å². The summed E-state index contributed by atoms with van der Waals surface area (Å²) in [6, 6.07) is 7.26. The third-order valence-corrected chi connectivity index (χ3v) is 2.82. The van der Waals surface area contributed by atoms with Crippen molar-refractivity contribution < 1.29 is 4.79 Å². The van der Waals surface area contributed by atoms with E-state index in [0.29, 0.717) is 5.56 Å². The fourth-order valence-corrected chi connectivity index (χ4v) is 2.08. The van der Waals surface area contributed by atoms with E-state index in [1.807, 2.05) is 18.2 Å². The van der Waals surface area contributed by atoms with E-state index in [9.17, 15) is 4.79 Å². The van der Waals surface area contributed by atoms with Crippen LogP contribution in [0.25, 0.3) is 0 Å². The molecule has 1 aromatic rings. The second-order valence-electron chi connectivity index (χ2n) is 2.25. The Morgan fingerprint density at radius 2 is 2.17 bits per heavy atom. The zero-order valence-electron chi connectivity index (χ0n) is 6.57. The molecule has 0 aliphatic carbocycles. The van der Waals surface area contributed by atoms with Gasteiger partial charge in [-0.1, -0.05) is 0 Å². The molecular formula is C9H7NOSe. The summed E-state index contributed by atoms with van der Waals surface area (Å²) in [5.41, 5.74) is 0.680. The van der Waals surface area contributed by atoms with Gasteiger partial charge in [-0.2, -0.15) is 0 Å². The molecule has 0 bridgehead atoms. The van der Waals surface area contributed by atoms with Gasteiger partial charge in [-0.25, -0.2) is 0 Å². The van der Waals surface area contributed by atoms with Crippen LogP contribution in [0.3, 0.4) is 0 Å². The molecule has 0 radical (unpaired) electrons. The number of rotatable bonds is 2. The molecule has 0 unspecified atom stereocenters. The van der Waals surface area contributed by atoms with Crippen LogP contribution in [-0.2, 0) is 0 Å². The number of nitriles is 1. The molecule has 12 heavy (non-hydrogen) atoms. The van der Waals surface area contributed by atoms with Crippen molar-refractivity contribution in [1.82, 2.24) is 0 Å². The van der Waals surface area contributed by atoms with Crippen LogP contribution in [0.2, 0.25) is 0 Å². The molecule has 0 aliphatic rings. The molecule has 0 fully saturated rings. The molecule has 0 saturated heterocycles. The Labute approximate surface area is 77.4 Å². The molecule has 0 heterocycles. The molecular weight excluding hydrogens is 217 g/mol. The average molecular weight is 224 g/mol. The Bertz CT molecular complexity index is 341. The number of benzene rings is 1. The molecule has 0 saturated carbocycles. The van der Waals surface area contributed by atoms with E-state index in [1.165, 1.54) is 6.92 Å². The van der Waals surface area contributed by atoms with Crippen LogP contribution in [0.5, 0.6) is 0 Å². The first-order valence-corrected chi connectivity index (χ1v) is 5.13. The predicted molar refractivity (Wildman–Crippen MR) is 47.4 cm³/mol. The van der Waals surface area contributed by atoms with Gasteiger partial charge in [-0.15, -0.1) is 0 Å². The van der Waals surface area contributed by atoms with Crippen molar-refractivity contribution in [1.29, 1.82) is 5.26 Å². The van der Waals surface area contributed by atoms with Crippen molar-refractivity contribution in [3.63, 3.8) is 0 Å². The SMILES string of the molecule is CC(=O)c1ccccc1[Se]C#N. The van der Waals surface area contributed by atoms with E-state index in [4.69, 9.17) is 5.26 Å². The Morgan fingerprint density at radius 1 is 1.50 bits per heavy atom. The third kappa shape index (κ3) is 1.94. The minimum atomic E-state index is -0.234. The molecule has 0 amide bonds. The first-order chi connectivity index (χ1) is 5.75. The molecule has 60 valence electrons. The van der Waals surface area contributed by atoms with Gasteiger partial charge < -0.3 is 0 Å². The van der Waals surface area contributed by atoms with Crippen LogP contribution >= 0.6 is 0 Å². The van der Waals surface area contributed by atoms with Gasteiger partial charge in [0.05, 0.1) is 0 Å². The Kier molecular flexibility index (Phi) is 3.04. The van der Waals surface area contributed by atoms with Crippen molar-refractivity contribution in [2.24, 2.45) is 0 Å². The van der Waals surface area contributed by atoms with E-state index in [0.717, 1.165) is 4.46 Å². The van der Waals surface area contributed by atoms with Crippen molar-refractivity contribution in [2.75, 3.05) is 0 Å². The van der Waals surface area contributed by atoms with Crippen LogP contribution in [0, 0.1) is 10.2 Å². The van der Waals surface area contributed by atoms with Gasteiger partial charge in [-0.3, -0.25) is 0 Å². The Hall–Kier alpha value is -1.10. The van der Waals surface area contributed by atoms with Crippen LogP contribution in [0.1, 0.15) is 17.3 Å². The summed E-state index contributed by atoms with van der Waals surface area (Å²) in [5, 5.41) is 8.49. The number of carbonyl (C=O) groups is 1. The first-order valence-electron chi connectivity index (χ1n) is 3.41. The van der Waals surface area contributed by atoms with Crippen molar-refractivity contribution >= 4 is 25.2 Å². The summed E-state index contributed by atoms with van der Waals surface area (Å²) in [6.45, 7) is 1.52. The zero-order valence-corrected chi connectivity index (χ0v) is 8.29. The van der Waals surface area contributed by atoms with Crippen molar-refractivity contribution in [3.8, 4) is 4.97 Å². The summed E-state index contributed by atoms with van der Waals surface area (Å²) in [4.78, 5) is 13.1. The average Bonchev–Trinajstić information content (AvgIpc) is 2.05. The number of ketones is 1. The van der Waals surface area contributed by atoms with E-state index >= 15 is 0 Å². The monoisotopic (exact) mass is 225 g/mol. The fraction of sp³-hybridized carbons (Fsp3) is 0.111. The number of hydrogen-bond donors (Lipinski definition) is 0. The van der Waals surface area contributed by atoms with Gasteiger partial charge >= 0.3 is 77.0 Å². The molecule has 1 aromatic carbocycles. The molecule has 3 heteroatoms. The maximum atomic E-state index is 11.0. The molecule has 0 aromatic heterocycles. The predicted octanol–water partition coefficient (Wildman–Crippen LogP) is 0.700. The first kappa shape index (κ1) is 8.99. The van der Waals surface area contributed by atoms with Crippen molar-refractivity contribution in [3.05, 3.63) is 29.8 Å². The summed E-state index contributed by atoms with van der Waals surface area (Å²) >= 11 is -0.234. The van der Waals surface area contributed by atoms with Gasteiger partial charge in [0.15, 0.2) is 0 Å². The topological polar surface area (TPSA) is 40.9 Å². The summed E-state index contributed by atoms with van der Waals surface area (Å²) < 4.78 is 0.875. The number of nitrogens with zero attached hydrogens (tertiary/aromatic N) is 1. The number of carbonyl (C=O) groups excluding carboxylic acids is 1. The minimum absolute atomic E-state index is 0.0303. The van der Waals surface area contributed by atoms with Gasteiger partial charge in [-0.05, 0) is 0 Å². The number of Topliss-reactive ketones (excluding diaryl/α,β-unsaturated/α-hetero) is 1. The van der Waals surface area contributed by atoms with Gasteiger partial charge in [0.2, 0.25) is 0 Å². The van der Waals surface area contributed by atoms with Crippen LogP contribution in [0.4, 0.5) is 0 Å². The van der Waals surface area contributed by atoms with Gasteiger partial charge in [0.1, 0.15) is 0 Å². The van der Waals surface area contributed by atoms with Gasteiger partial charge in [0.25, 0.3) is 0 Å². The quantitative estimate of drug-likeness (QED) is 0.548. The molecule has 0 N–H and O–H groups in total. The second kappa shape index (κ2) is 4.06. The van der Waals surface area contributed by atoms with E-state index in [1.54, 1.807) is 6.07 Å². The Balaban J connectivity index is 3.10. The zero-order chi connectivity index (χ0) is 8.97. The molecule has 0 spiro atoms. The van der Waals surface area contributed by atoms with E-state index in [2.05, 4.69) is 4.97 Å². The second-order valence-corrected chi connectivity index (χ2v) is 3.98. The molecule has 1 rings (SSSR count).